The summed E-state index contributed by atoms with van der Waals surface area (Å²) in [7, 11) is 0. The number of fused-ring (bicyclic) bond motifs is 1. The maximum atomic E-state index is 6.34. The molecule has 0 saturated carbocycles. The molecule has 0 radical (unpaired) electrons. The molecule has 128 valence electrons. The zero-order valence-corrected chi connectivity index (χ0v) is 14.3. The van der Waals surface area contributed by atoms with Crippen LogP contribution in [0.2, 0.25) is 0 Å². The van der Waals surface area contributed by atoms with Gasteiger partial charge < -0.3 is 19.2 Å². The number of benzene rings is 1. The van der Waals surface area contributed by atoms with Crippen LogP contribution in [0.3, 0.4) is 0 Å². The van der Waals surface area contributed by atoms with E-state index in [0.717, 1.165) is 28.0 Å². The predicted molar refractivity (Wildman–Crippen MR) is 95.2 cm³/mol. The van der Waals surface area contributed by atoms with Crippen LogP contribution in [0.15, 0.2) is 54.6 Å². The smallest absolute Gasteiger partial charge is 0.230 e. The monoisotopic (exact) mass is 336 g/mol. The Hall–Kier alpha value is -2.95. The average molecular weight is 336 g/mol. The molecule has 3 aromatic rings. The summed E-state index contributed by atoms with van der Waals surface area (Å²) >= 11 is 0. The minimum absolute atomic E-state index is 0.233. The minimum atomic E-state index is -0.264. The average Bonchev–Trinajstić information content (AvgIpc) is 3.26. The Labute approximate surface area is 146 Å². The Morgan fingerprint density at radius 2 is 2.04 bits per heavy atom. The summed E-state index contributed by atoms with van der Waals surface area (Å²) in [6.07, 6.45) is 3.84. The third-order valence-corrected chi connectivity index (χ3v) is 4.49. The lowest BCUT2D eigenvalue weighted by Gasteiger charge is -2.19. The van der Waals surface area contributed by atoms with E-state index in [9.17, 15) is 0 Å². The summed E-state index contributed by atoms with van der Waals surface area (Å²) in [5.41, 5.74) is 5.26. The lowest BCUT2D eigenvalue weighted by Crippen LogP contribution is -2.23. The highest BCUT2D eigenvalue weighted by molar-refractivity contribution is 5.85. The molecule has 0 fully saturated rings. The van der Waals surface area contributed by atoms with E-state index in [4.69, 9.17) is 14.2 Å². The second-order valence-corrected chi connectivity index (χ2v) is 6.15. The van der Waals surface area contributed by atoms with Gasteiger partial charge in [-0.25, -0.2) is 0 Å². The van der Waals surface area contributed by atoms with E-state index in [1.54, 1.807) is 12.5 Å². The van der Waals surface area contributed by atoms with Crippen molar-refractivity contribution in [2.75, 3.05) is 6.79 Å². The molecule has 0 aliphatic carbocycles. The quantitative estimate of drug-likeness (QED) is 0.765. The molecule has 1 unspecified atom stereocenters. The Balaban J connectivity index is 1.68. The topological polar surface area (TPSA) is 56.4 Å². The van der Waals surface area contributed by atoms with Crippen LogP contribution in [0, 0.1) is 13.8 Å². The summed E-state index contributed by atoms with van der Waals surface area (Å²) < 4.78 is 17.2. The SMILES string of the molecule is Cc1[nH]c2c(OC(Cc3ccccc3)C3=COCO3)ccnc2c1C. The molecule has 1 N–H and O–H groups in total. The minimum Gasteiger partial charge on any atom is -0.480 e. The van der Waals surface area contributed by atoms with Crippen molar-refractivity contribution in [2.45, 2.75) is 26.4 Å². The lowest BCUT2D eigenvalue weighted by atomic mass is 10.1. The number of aryl methyl sites for hydroxylation is 2. The number of rotatable bonds is 5. The largest absolute Gasteiger partial charge is 0.480 e. The molecule has 0 bridgehead atoms. The number of ether oxygens (including phenoxy) is 3. The molecule has 25 heavy (non-hydrogen) atoms. The van der Waals surface area contributed by atoms with Gasteiger partial charge in [0.05, 0.1) is 5.52 Å². The van der Waals surface area contributed by atoms with Crippen molar-refractivity contribution < 1.29 is 14.2 Å². The number of nitrogens with zero attached hydrogens (tertiary/aromatic N) is 1. The normalized spacial score (nSPS) is 14.7. The lowest BCUT2D eigenvalue weighted by molar-refractivity contribution is 0.0560. The summed E-state index contributed by atoms with van der Waals surface area (Å²) in [5, 5.41) is 0. The molecule has 5 nitrogen and oxygen atoms in total. The second-order valence-electron chi connectivity index (χ2n) is 6.15. The molecule has 1 aliphatic rings. The van der Waals surface area contributed by atoms with E-state index in [0.29, 0.717) is 12.2 Å². The summed E-state index contributed by atoms with van der Waals surface area (Å²) in [6.45, 7) is 4.33. The van der Waals surface area contributed by atoms with Crippen LogP contribution in [0.4, 0.5) is 0 Å². The predicted octanol–water partition coefficient (Wildman–Crippen LogP) is 4.02. The van der Waals surface area contributed by atoms with Crippen LogP contribution in [0.25, 0.3) is 11.0 Å². The van der Waals surface area contributed by atoms with Gasteiger partial charge in [0.2, 0.25) is 6.79 Å². The Morgan fingerprint density at radius 3 is 2.80 bits per heavy atom. The van der Waals surface area contributed by atoms with Crippen LogP contribution in [0.1, 0.15) is 16.8 Å². The van der Waals surface area contributed by atoms with Crippen LogP contribution < -0.4 is 4.74 Å². The fourth-order valence-electron chi connectivity index (χ4n) is 3.01. The zero-order chi connectivity index (χ0) is 17.2. The highest BCUT2D eigenvalue weighted by atomic mass is 16.7. The Morgan fingerprint density at radius 1 is 1.20 bits per heavy atom. The zero-order valence-electron chi connectivity index (χ0n) is 14.3. The molecule has 1 aromatic carbocycles. The fourth-order valence-corrected chi connectivity index (χ4v) is 3.01. The van der Waals surface area contributed by atoms with Crippen molar-refractivity contribution in [2.24, 2.45) is 0 Å². The number of hydrogen-bond acceptors (Lipinski definition) is 4. The molecule has 2 aromatic heterocycles. The summed E-state index contributed by atoms with van der Waals surface area (Å²) in [6, 6.07) is 12.1. The van der Waals surface area contributed by atoms with Crippen molar-refractivity contribution >= 4 is 11.0 Å². The van der Waals surface area contributed by atoms with Gasteiger partial charge in [0.15, 0.2) is 11.9 Å². The molecular weight excluding hydrogens is 316 g/mol. The van der Waals surface area contributed by atoms with Gasteiger partial charge in [0.25, 0.3) is 0 Å². The number of H-pyrrole nitrogens is 1. The fraction of sp³-hybridized carbons (Fsp3) is 0.250. The first kappa shape index (κ1) is 15.6. The van der Waals surface area contributed by atoms with Crippen LogP contribution in [-0.4, -0.2) is 22.9 Å². The number of aromatic amines is 1. The van der Waals surface area contributed by atoms with E-state index in [1.807, 2.05) is 31.2 Å². The Bertz CT molecular complexity index is 915. The standard InChI is InChI=1S/C20H20N2O3/c1-13-14(2)22-20-16(8-9-21-19(13)20)25-17(18-11-23-12-24-18)10-15-6-4-3-5-7-15/h3-9,11,17,22H,10,12H2,1-2H3. The van der Waals surface area contributed by atoms with Crippen LogP contribution >= 0.6 is 0 Å². The molecule has 5 heteroatoms. The van der Waals surface area contributed by atoms with Crippen molar-refractivity contribution in [1.29, 1.82) is 0 Å². The van der Waals surface area contributed by atoms with E-state index >= 15 is 0 Å². The van der Waals surface area contributed by atoms with Gasteiger partial charge >= 0.3 is 0 Å². The highest BCUT2D eigenvalue weighted by Crippen LogP contribution is 2.30. The first-order valence-electron chi connectivity index (χ1n) is 8.31. The van der Waals surface area contributed by atoms with Crippen molar-refractivity contribution in [3.63, 3.8) is 0 Å². The molecule has 4 rings (SSSR count). The van der Waals surface area contributed by atoms with Gasteiger partial charge in [0.1, 0.15) is 17.5 Å². The van der Waals surface area contributed by atoms with Gasteiger partial charge in [-0.05, 0) is 25.0 Å². The molecule has 0 amide bonds. The van der Waals surface area contributed by atoms with E-state index in [1.165, 1.54) is 5.56 Å². The van der Waals surface area contributed by atoms with Crippen molar-refractivity contribution in [3.8, 4) is 5.75 Å². The van der Waals surface area contributed by atoms with Gasteiger partial charge in [-0.15, -0.1) is 0 Å². The van der Waals surface area contributed by atoms with Crippen molar-refractivity contribution in [1.82, 2.24) is 9.97 Å². The molecule has 0 saturated heterocycles. The molecular formula is C20H20N2O3. The molecule has 3 heterocycles. The van der Waals surface area contributed by atoms with Crippen LogP contribution in [-0.2, 0) is 15.9 Å². The molecule has 0 spiro atoms. The van der Waals surface area contributed by atoms with E-state index in [2.05, 4.69) is 29.0 Å². The highest BCUT2D eigenvalue weighted by Gasteiger charge is 2.24. The number of pyridine rings is 1. The Kier molecular flexibility index (Phi) is 4.06. The number of aromatic nitrogens is 2. The maximum absolute atomic E-state index is 6.34. The summed E-state index contributed by atoms with van der Waals surface area (Å²) in [5.74, 6) is 1.47. The third kappa shape index (κ3) is 3.05. The number of hydrogen-bond donors (Lipinski definition) is 1. The van der Waals surface area contributed by atoms with E-state index < -0.39 is 0 Å². The molecule has 1 aliphatic heterocycles. The molecule has 1 atom stereocenters. The van der Waals surface area contributed by atoms with Crippen LogP contribution in [0.5, 0.6) is 5.75 Å². The first-order valence-corrected chi connectivity index (χ1v) is 8.31. The van der Waals surface area contributed by atoms with Crippen molar-refractivity contribution in [3.05, 3.63) is 71.4 Å². The van der Waals surface area contributed by atoms with Gasteiger partial charge in [-0.2, -0.15) is 0 Å². The van der Waals surface area contributed by atoms with Gasteiger partial charge in [-0.3, -0.25) is 4.98 Å². The van der Waals surface area contributed by atoms with Gasteiger partial charge in [-0.1, -0.05) is 30.3 Å². The first-order chi connectivity index (χ1) is 12.2. The third-order valence-electron chi connectivity index (χ3n) is 4.49. The van der Waals surface area contributed by atoms with Gasteiger partial charge in [0, 0.05) is 24.4 Å². The summed E-state index contributed by atoms with van der Waals surface area (Å²) in [4.78, 5) is 7.85. The number of nitrogens with one attached hydrogen (secondary N) is 1. The second kappa shape index (κ2) is 6.51. The van der Waals surface area contributed by atoms with E-state index in [-0.39, 0.29) is 12.9 Å². The maximum Gasteiger partial charge on any atom is 0.230 e.